The molecule has 18 heavy (non-hydrogen) atoms. The van der Waals surface area contributed by atoms with Crippen LogP contribution in [-0.4, -0.2) is 26.8 Å². The minimum absolute atomic E-state index is 0.324. The van der Waals surface area contributed by atoms with Crippen molar-refractivity contribution in [1.29, 1.82) is 0 Å². The maximum Gasteiger partial charge on any atom is 0.242 e. The van der Waals surface area contributed by atoms with Crippen LogP contribution in [0.5, 0.6) is 5.88 Å². The van der Waals surface area contributed by atoms with Crippen LogP contribution >= 0.6 is 0 Å². The zero-order chi connectivity index (χ0) is 12.4. The van der Waals surface area contributed by atoms with Gasteiger partial charge in [-0.1, -0.05) is 19.3 Å². The van der Waals surface area contributed by atoms with E-state index in [0.29, 0.717) is 24.1 Å². The standard InChI is InChI=1S/C11H16N6O/c12-16-11-14-9-8(6-13-17-9)10(15-11)18-5-4-7-2-1-3-7/h6-7H,1-5,12H2,(H2,13,14,15,16,17). The Hall–Kier alpha value is -1.89. The van der Waals surface area contributed by atoms with Crippen LogP contribution in [0.4, 0.5) is 5.95 Å². The lowest BCUT2D eigenvalue weighted by atomic mass is 9.83. The summed E-state index contributed by atoms with van der Waals surface area (Å²) in [5, 5.41) is 7.49. The van der Waals surface area contributed by atoms with Crippen LogP contribution in [0, 0.1) is 5.92 Å². The van der Waals surface area contributed by atoms with Crippen LogP contribution in [0.3, 0.4) is 0 Å². The Kier molecular flexibility index (Phi) is 2.97. The lowest BCUT2D eigenvalue weighted by molar-refractivity contribution is 0.219. The summed E-state index contributed by atoms with van der Waals surface area (Å²) >= 11 is 0. The lowest BCUT2D eigenvalue weighted by Gasteiger charge is -2.24. The summed E-state index contributed by atoms with van der Waals surface area (Å²) in [6, 6.07) is 0. The van der Waals surface area contributed by atoms with Gasteiger partial charge in [-0.25, -0.2) is 5.84 Å². The second-order valence-electron chi connectivity index (χ2n) is 4.56. The van der Waals surface area contributed by atoms with Crippen molar-refractivity contribution in [2.45, 2.75) is 25.7 Å². The molecule has 0 saturated heterocycles. The first-order valence-electron chi connectivity index (χ1n) is 6.17. The number of nitrogen functional groups attached to an aromatic ring is 1. The summed E-state index contributed by atoms with van der Waals surface area (Å²) < 4.78 is 5.72. The highest BCUT2D eigenvalue weighted by Gasteiger charge is 2.17. The molecular weight excluding hydrogens is 232 g/mol. The highest BCUT2D eigenvalue weighted by atomic mass is 16.5. The summed E-state index contributed by atoms with van der Waals surface area (Å²) in [6.07, 6.45) is 6.74. The molecule has 2 aromatic heterocycles. The number of aromatic nitrogens is 4. The molecule has 2 aromatic rings. The number of rotatable bonds is 5. The Balaban J connectivity index is 1.74. The molecule has 0 aliphatic heterocycles. The van der Waals surface area contributed by atoms with Crippen molar-refractivity contribution in [3.63, 3.8) is 0 Å². The molecule has 96 valence electrons. The molecule has 7 nitrogen and oxygen atoms in total. The molecule has 1 saturated carbocycles. The molecule has 2 heterocycles. The van der Waals surface area contributed by atoms with Crippen molar-refractivity contribution in [1.82, 2.24) is 20.2 Å². The highest BCUT2D eigenvalue weighted by molar-refractivity contribution is 5.80. The Bertz CT molecular complexity index is 535. The first kappa shape index (κ1) is 11.2. The monoisotopic (exact) mass is 248 g/mol. The summed E-state index contributed by atoms with van der Waals surface area (Å²) in [5.41, 5.74) is 3.04. The first-order valence-corrected chi connectivity index (χ1v) is 6.17. The molecule has 0 spiro atoms. The topological polar surface area (TPSA) is 102 Å². The maximum atomic E-state index is 5.72. The molecule has 0 aromatic carbocycles. The van der Waals surface area contributed by atoms with Crippen molar-refractivity contribution < 1.29 is 4.74 Å². The molecule has 1 aliphatic carbocycles. The molecule has 7 heteroatoms. The third-order valence-corrected chi connectivity index (χ3v) is 3.39. The van der Waals surface area contributed by atoms with Gasteiger partial charge in [-0.2, -0.15) is 15.1 Å². The van der Waals surface area contributed by atoms with Crippen LogP contribution in [0.2, 0.25) is 0 Å². The number of aromatic amines is 1. The van der Waals surface area contributed by atoms with Gasteiger partial charge in [0.15, 0.2) is 5.65 Å². The fourth-order valence-electron chi connectivity index (χ4n) is 2.09. The van der Waals surface area contributed by atoms with Crippen LogP contribution in [0.1, 0.15) is 25.7 Å². The van der Waals surface area contributed by atoms with Gasteiger partial charge in [-0.15, -0.1) is 0 Å². The zero-order valence-electron chi connectivity index (χ0n) is 10.0. The van der Waals surface area contributed by atoms with Crippen molar-refractivity contribution in [2.24, 2.45) is 11.8 Å². The molecule has 4 N–H and O–H groups in total. The molecule has 3 rings (SSSR count). The number of hydrazine groups is 1. The minimum Gasteiger partial charge on any atom is -0.477 e. The van der Waals surface area contributed by atoms with Crippen molar-refractivity contribution >= 4 is 17.0 Å². The van der Waals surface area contributed by atoms with Crippen molar-refractivity contribution in [2.75, 3.05) is 12.0 Å². The minimum atomic E-state index is 0.324. The SMILES string of the molecule is NNc1nc(OCCC2CCC2)c2cn[nH]c2n1. The van der Waals surface area contributed by atoms with Gasteiger partial charge < -0.3 is 4.74 Å². The van der Waals surface area contributed by atoms with Gasteiger partial charge in [-0.3, -0.25) is 10.5 Å². The zero-order valence-corrected chi connectivity index (χ0v) is 10.0. The fourth-order valence-corrected chi connectivity index (χ4v) is 2.09. The van der Waals surface area contributed by atoms with Crippen molar-refractivity contribution in [3.8, 4) is 5.88 Å². The quantitative estimate of drug-likeness (QED) is 0.543. The number of nitrogens with two attached hydrogens (primary N) is 1. The van der Waals surface area contributed by atoms with Crippen LogP contribution in [0.15, 0.2) is 6.20 Å². The van der Waals surface area contributed by atoms with Gasteiger partial charge in [0.25, 0.3) is 0 Å². The van der Waals surface area contributed by atoms with Gasteiger partial charge in [-0.05, 0) is 12.3 Å². The van der Waals surface area contributed by atoms with Gasteiger partial charge in [0.1, 0.15) is 5.39 Å². The number of H-pyrrole nitrogens is 1. The number of hydrogen-bond acceptors (Lipinski definition) is 6. The second kappa shape index (κ2) is 4.77. The molecule has 0 atom stereocenters. The number of hydrogen-bond donors (Lipinski definition) is 3. The van der Waals surface area contributed by atoms with E-state index in [-0.39, 0.29) is 0 Å². The Labute approximate surface area is 104 Å². The predicted octanol–water partition coefficient (Wildman–Crippen LogP) is 1.21. The maximum absolute atomic E-state index is 5.72. The molecule has 1 aliphatic rings. The first-order chi connectivity index (χ1) is 8.86. The van der Waals surface area contributed by atoms with E-state index in [2.05, 4.69) is 25.6 Å². The average Bonchev–Trinajstić information content (AvgIpc) is 2.80. The van der Waals surface area contributed by atoms with Gasteiger partial charge in [0.05, 0.1) is 12.8 Å². The second-order valence-corrected chi connectivity index (χ2v) is 4.56. The number of anilines is 1. The highest BCUT2D eigenvalue weighted by Crippen LogP contribution is 2.30. The van der Waals surface area contributed by atoms with E-state index in [9.17, 15) is 0 Å². The fraction of sp³-hybridized carbons (Fsp3) is 0.545. The predicted molar refractivity (Wildman–Crippen MR) is 66.9 cm³/mol. The molecular formula is C11H16N6O. The third-order valence-electron chi connectivity index (χ3n) is 3.39. The van der Waals surface area contributed by atoms with Gasteiger partial charge >= 0.3 is 0 Å². The number of fused-ring (bicyclic) bond motifs is 1. The normalized spacial score (nSPS) is 15.6. The van der Waals surface area contributed by atoms with Crippen LogP contribution < -0.4 is 16.0 Å². The lowest BCUT2D eigenvalue weighted by Crippen LogP contribution is -2.15. The van der Waals surface area contributed by atoms with Crippen molar-refractivity contribution in [3.05, 3.63) is 6.20 Å². The largest absolute Gasteiger partial charge is 0.477 e. The summed E-state index contributed by atoms with van der Waals surface area (Å²) in [7, 11) is 0. The van der Waals surface area contributed by atoms with Gasteiger partial charge in [0, 0.05) is 0 Å². The molecule has 0 bridgehead atoms. The molecule has 0 unspecified atom stereocenters. The summed E-state index contributed by atoms with van der Waals surface area (Å²) in [5.74, 6) is 6.99. The Morgan fingerprint density at radius 1 is 1.44 bits per heavy atom. The van der Waals surface area contributed by atoms with Gasteiger partial charge in [0.2, 0.25) is 11.8 Å². The Morgan fingerprint density at radius 2 is 2.33 bits per heavy atom. The number of ether oxygens (including phenoxy) is 1. The van der Waals surface area contributed by atoms with E-state index in [1.807, 2.05) is 0 Å². The number of nitrogens with zero attached hydrogens (tertiary/aromatic N) is 3. The van der Waals surface area contributed by atoms with E-state index >= 15 is 0 Å². The smallest absolute Gasteiger partial charge is 0.242 e. The molecule has 0 radical (unpaired) electrons. The van der Waals surface area contributed by atoms with E-state index in [1.165, 1.54) is 19.3 Å². The van der Waals surface area contributed by atoms with E-state index < -0.39 is 0 Å². The average molecular weight is 248 g/mol. The van der Waals surface area contributed by atoms with Crippen LogP contribution in [-0.2, 0) is 0 Å². The van der Waals surface area contributed by atoms with E-state index in [0.717, 1.165) is 17.7 Å². The molecule has 1 fully saturated rings. The third kappa shape index (κ3) is 2.08. The Morgan fingerprint density at radius 3 is 3.06 bits per heavy atom. The molecule has 0 amide bonds. The summed E-state index contributed by atoms with van der Waals surface area (Å²) in [6.45, 7) is 0.673. The van der Waals surface area contributed by atoms with E-state index in [1.54, 1.807) is 6.20 Å². The summed E-state index contributed by atoms with van der Waals surface area (Å²) in [4.78, 5) is 8.34. The van der Waals surface area contributed by atoms with Crippen LogP contribution in [0.25, 0.3) is 11.0 Å². The number of nitrogens with one attached hydrogen (secondary N) is 2. The van der Waals surface area contributed by atoms with E-state index in [4.69, 9.17) is 10.6 Å².